The van der Waals surface area contributed by atoms with Crippen LogP contribution in [-0.4, -0.2) is 57.8 Å². The monoisotopic (exact) mass is 546 g/mol. The summed E-state index contributed by atoms with van der Waals surface area (Å²) in [6.07, 6.45) is 9.82. The van der Waals surface area contributed by atoms with Gasteiger partial charge in [0.05, 0.1) is 12.7 Å². The van der Waals surface area contributed by atoms with Crippen LogP contribution >= 0.6 is 0 Å². The number of carbonyl (C=O) groups excluding carboxylic acids is 2. The van der Waals surface area contributed by atoms with Gasteiger partial charge in [-0.05, 0) is 49.0 Å². The van der Waals surface area contributed by atoms with Crippen molar-refractivity contribution in [1.82, 2.24) is 0 Å². The average Bonchev–Trinajstić information content (AvgIpc) is 3.00. The van der Waals surface area contributed by atoms with Gasteiger partial charge in [0.2, 0.25) is 5.79 Å². The number of ether oxygens (including phenoxy) is 2. The summed E-state index contributed by atoms with van der Waals surface area (Å²) >= 11 is 0. The van der Waals surface area contributed by atoms with Crippen LogP contribution in [-0.2, 0) is 19.1 Å². The molecule has 2 spiro atoms. The van der Waals surface area contributed by atoms with Crippen molar-refractivity contribution in [2.75, 3.05) is 6.61 Å². The third-order valence-corrected chi connectivity index (χ3v) is 11.6. The van der Waals surface area contributed by atoms with Crippen LogP contribution in [0.5, 0.6) is 0 Å². The standard InChI is InChI=1S/C32H50O7/c1-5-6-7-8-9-10-11-12-13-14-24(34)39-28-21-15-16-22-30-19-38-32(37,31(22,28)26(35)20(21)2)27(36)25(30)29(3,4)18-17-23(30)33/h21-23,25,27-28,33,36-37H,2,5-19H2,1,3-4H3. The Kier molecular flexibility index (Phi) is 7.89. The first kappa shape index (κ1) is 29.2. The summed E-state index contributed by atoms with van der Waals surface area (Å²) in [5.41, 5.74) is -2.58. The normalized spacial score (nSPS) is 43.7. The summed E-state index contributed by atoms with van der Waals surface area (Å²) in [4.78, 5) is 27.3. The smallest absolute Gasteiger partial charge is 0.306 e. The molecule has 3 N–H and O–H groups in total. The van der Waals surface area contributed by atoms with E-state index in [2.05, 4.69) is 27.4 Å². The highest BCUT2D eigenvalue weighted by molar-refractivity contribution is 6.05. The molecule has 220 valence electrons. The molecule has 6 fully saturated rings. The molecule has 0 aromatic heterocycles. The molecule has 0 radical (unpaired) electrons. The van der Waals surface area contributed by atoms with Gasteiger partial charge in [0, 0.05) is 23.7 Å². The summed E-state index contributed by atoms with van der Waals surface area (Å²) in [6, 6.07) is 0. The zero-order valence-electron chi connectivity index (χ0n) is 24.3. The average molecular weight is 547 g/mol. The summed E-state index contributed by atoms with van der Waals surface area (Å²) < 4.78 is 12.2. The van der Waals surface area contributed by atoms with E-state index in [4.69, 9.17) is 9.47 Å². The second kappa shape index (κ2) is 10.5. The van der Waals surface area contributed by atoms with Gasteiger partial charge in [0.1, 0.15) is 17.6 Å². The maximum atomic E-state index is 14.1. The van der Waals surface area contributed by atoms with E-state index < -0.39 is 52.7 Å². The first-order valence-corrected chi connectivity index (χ1v) is 15.7. The number of fused-ring (bicyclic) bond motifs is 2. The summed E-state index contributed by atoms with van der Waals surface area (Å²) in [6.45, 7) is 10.5. The lowest BCUT2D eigenvalue weighted by atomic mass is 9.35. The molecule has 39 heavy (non-hydrogen) atoms. The minimum atomic E-state index is -2.20. The number of hydrogen-bond acceptors (Lipinski definition) is 7. The Labute approximate surface area is 233 Å². The van der Waals surface area contributed by atoms with E-state index in [1.807, 2.05) is 0 Å². The van der Waals surface area contributed by atoms with Gasteiger partial charge < -0.3 is 24.8 Å². The molecule has 0 amide bonds. The molecule has 7 heteroatoms. The van der Waals surface area contributed by atoms with Crippen molar-refractivity contribution in [1.29, 1.82) is 0 Å². The summed E-state index contributed by atoms with van der Waals surface area (Å²) in [5, 5.41) is 35.6. The van der Waals surface area contributed by atoms with Gasteiger partial charge in [-0.15, -0.1) is 0 Å². The number of carbonyl (C=O) groups is 2. The number of hydrogen-bond donors (Lipinski definition) is 3. The van der Waals surface area contributed by atoms with Gasteiger partial charge in [0.15, 0.2) is 5.78 Å². The predicted molar refractivity (Wildman–Crippen MR) is 146 cm³/mol. The molecule has 9 unspecified atom stereocenters. The van der Waals surface area contributed by atoms with Gasteiger partial charge in [-0.3, -0.25) is 9.59 Å². The topological polar surface area (TPSA) is 113 Å². The second-order valence-corrected chi connectivity index (χ2v) is 14.0. The molecule has 7 nitrogen and oxygen atoms in total. The van der Waals surface area contributed by atoms with E-state index in [9.17, 15) is 24.9 Å². The number of ketones is 1. The molecule has 2 aliphatic heterocycles. The van der Waals surface area contributed by atoms with Crippen LogP contribution in [0.4, 0.5) is 0 Å². The minimum absolute atomic E-state index is 0.0752. The van der Waals surface area contributed by atoms with Crippen LogP contribution < -0.4 is 0 Å². The molecule has 4 aliphatic carbocycles. The van der Waals surface area contributed by atoms with E-state index in [1.54, 1.807) is 0 Å². The highest BCUT2D eigenvalue weighted by Gasteiger charge is 2.87. The lowest BCUT2D eigenvalue weighted by Gasteiger charge is -2.74. The number of Topliss-reactive ketones (excluding diaryl/α,β-unsaturated/α-hetero) is 1. The fourth-order valence-corrected chi connectivity index (χ4v) is 9.82. The van der Waals surface area contributed by atoms with E-state index in [1.165, 1.54) is 38.5 Å². The minimum Gasteiger partial charge on any atom is -0.460 e. The van der Waals surface area contributed by atoms with Gasteiger partial charge in [-0.25, -0.2) is 0 Å². The third-order valence-electron chi connectivity index (χ3n) is 11.6. The number of esters is 1. The quantitative estimate of drug-likeness (QED) is 0.193. The Morgan fingerprint density at radius 1 is 1.03 bits per heavy atom. The molecule has 6 aliphatic rings. The number of unbranched alkanes of at least 4 members (excludes halogenated alkanes) is 8. The number of aliphatic hydroxyl groups excluding tert-OH is 2. The molecule has 6 rings (SSSR count). The highest BCUT2D eigenvalue weighted by atomic mass is 16.6. The van der Waals surface area contributed by atoms with Gasteiger partial charge in [-0.2, -0.15) is 0 Å². The van der Waals surface area contributed by atoms with E-state index in [0.29, 0.717) is 31.3 Å². The van der Waals surface area contributed by atoms with Crippen molar-refractivity contribution >= 4 is 11.8 Å². The largest absolute Gasteiger partial charge is 0.460 e. The van der Waals surface area contributed by atoms with E-state index in [0.717, 1.165) is 19.3 Å². The fourth-order valence-electron chi connectivity index (χ4n) is 9.82. The van der Waals surface area contributed by atoms with Crippen LogP contribution in [0.2, 0.25) is 0 Å². The third kappa shape index (κ3) is 4.04. The summed E-state index contributed by atoms with van der Waals surface area (Å²) in [7, 11) is 0. The van der Waals surface area contributed by atoms with Crippen molar-refractivity contribution in [2.45, 2.75) is 135 Å². The Balaban J connectivity index is 1.35. The first-order valence-electron chi connectivity index (χ1n) is 15.7. The Morgan fingerprint density at radius 2 is 1.67 bits per heavy atom. The lowest BCUT2D eigenvalue weighted by molar-refractivity contribution is -0.458. The van der Waals surface area contributed by atoms with Crippen LogP contribution in [0.15, 0.2) is 12.2 Å². The van der Waals surface area contributed by atoms with Crippen LogP contribution in [0.25, 0.3) is 0 Å². The molecule has 0 aromatic carbocycles. The van der Waals surface area contributed by atoms with Crippen molar-refractivity contribution in [3.05, 3.63) is 12.2 Å². The predicted octanol–water partition coefficient (Wildman–Crippen LogP) is 4.85. The SMILES string of the molecule is C=C1C(=O)C23C(OC(=O)CCCCCCCCCCC)C1CCC2C12COC3(O)C(O)C1C(C)(C)CCC2O. The lowest BCUT2D eigenvalue weighted by Crippen LogP contribution is -2.85. The molecular weight excluding hydrogens is 496 g/mol. The van der Waals surface area contributed by atoms with Gasteiger partial charge in [-0.1, -0.05) is 78.7 Å². The Morgan fingerprint density at radius 3 is 2.33 bits per heavy atom. The van der Waals surface area contributed by atoms with Crippen molar-refractivity contribution in [2.24, 2.45) is 34.0 Å². The van der Waals surface area contributed by atoms with Gasteiger partial charge in [0.25, 0.3) is 0 Å². The molecule has 2 heterocycles. The maximum Gasteiger partial charge on any atom is 0.306 e. The zero-order chi connectivity index (χ0) is 28.2. The fraction of sp³-hybridized carbons (Fsp3) is 0.875. The molecular formula is C32H50O7. The number of rotatable bonds is 11. The van der Waals surface area contributed by atoms with Crippen molar-refractivity contribution < 1.29 is 34.4 Å². The Hall–Kier alpha value is -1.28. The number of aliphatic hydroxyl groups is 3. The molecule has 0 aromatic rings. The summed E-state index contributed by atoms with van der Waals surface area (Å²) in [5.74, 6) is -4.28. The Bertz CT molecular complexity index is 976. The van der Waals surface area contributed by atoms with Crippen LogP contribution in [0, 0.1) is 34.0 Å². The van der Waals surface area contributed by atoms with Gasteiger partial charge >= 0.3 is 5.97 Å². The van der Waals surface area contributed by atoms with Crippen LogP contribution in [0.3, 0.4) is 0 Å². The zero-order valence-corrected chi connectivity index (χ0v) is 24.3. The highest BCUT2D eigenvalue weighted by Crippen LogP contribution is 2.76. The molecule has 9 atom stereocenters. The van der Waals surface area contributed by atoms with E-state index in [-0.39, 0.29) is 30.2 Å². The molecule has 4 saturated carbocycles. The molecule has 2 saturated heterocycles. The van der Waals surface area contributed by atoms with E-state index >= 15 is 0 Å². The van der Waals surface area contributed by atoms with Crippen LogP contribution in [0.1, 0.15) is 111 Å². The van der Waals surface area contributed by atoms with Crippen molar-refractivity contribution in [3.8, 4) is 0 Å². The van der Waals surface area contributed by atoms with Crippen molar-refractivity contribution in [3.63, 3.8) is 0 Å². The maximum absolute atomic E-state index is 14.1. The first-order chi connectivity index (χ1) is 18.5. The second-order valence-electron chi connectivity index (χ2n) is 14.0. The molecule has 4 bridgehead atoms.